The standard InChI is InChI=1S/C13H24N4O2/c1-5-17(10(2)7-16(3)4)8-12-6-11(9-19-12)13(18)15-14/h6,9-10H,5,7-8,14H2,1-4H3,(H,15,18). The SMILES string of the molecule is CCN(Cc1cc(C(=O)NN)co1)C(C)CN(C)C. The van der Waals surface area contributed by atoms with Crippen LogP contribution < -0.4 is 11.3 Å². The number of hydrogen-bond acceptors (Lipinski definition) is 5. The molecule has 1 unspecified atom stereocenters. The Morgan fingerprint density at radius 1 is 1.53 bits per heavy atom. The summed E-state index contributed by atoms with van der Waals surface area (Å²) < 4.78 is 5.40. The zero-order valence-corrected chi connectivity index (χ0v) is 12.1. The van der Waals surface area contributed by atoms with E-state index in [1.165, 1.54) is 6.26 Å². The maximum absolute atomic E-state index is 11.3. The molecule has 0 aromatic carbocycles. The number of carbonyl (C=O) groups is 1. The van der Waals surface area contributed by atoms with Crippen molar-refractivity contribution in [2.75, 3.05) is 27.2 Å². The topological polar surface area (TPSA) is 74.7 Å². The largest absolute Gasteiger partial charge is 0.467 e. The first-order chi connectivity index (χ1) is 8.97. The molecule has 0 aliphatic heterocycles. The number of nitrogen functional groups attached to an aromatic ring is 1. The molecule has 1 amide bonds. The van der Waals surface area contributed by atoms with Gasteiger partial charge in [-0.1, -0.05) is 6.92 Å². The van der Waals surface area contributed by atoms with Crippen molar-refractivity contribution in [3.8, 4) is 0 Å². The number of nitrogens with one attached hydrogen (secondary N) is 1. The summed E-state index contributed by atoms with van der Waals surface area (Å²) in [5, 5.41) is 0. The van der Waals surface area contributed by atoms with Crippen molar-refractivity contribution >= 4 is 5.91 Å². The van der Waals surface area contributed by atoms with Gasteiger partial charge < -0.3 is 9.32 Å². The molecule has 0 fully saturated rings. The van der Waals surface area contributed by atoms with Gasteiger partial charge in [0, 0.05) is 12.6 Å². The predicted molar refractivity (Wildman–Crippen MR) is 74.5 cm³/mol. The molecule has 0 saturated heterocycles. The van der Waals surface area contributed by atoms with Gasteiger partial charge in [0.15, 0.2) is 0 Å². The second-order valence-electron chi connectivity index (χ2n) is 4.95. The van der Waals surface area contributed by atoms with E-state index in [1.807, 2.05) is 0 Å². The molecule has 108 valence electrons. The maximum atomic E-state index is 11.3. The molecule has 19 heavy (non-hydrogen) atoms. The maximum Gasteiger partial charge on any atom is 0.268 e. The van der Waals surface area contributed by atoms with E-state index in [9.17, 15) is 4.79 Å². The zero-order valence-electron chi connectivity index (χ0n) is 12.1. The lowest BCUT2D eigenvalue weighted by Crippen LogP contribution is -2.39. The number of rotatable bonds is 7. The van der Waals surface area contributed by atoms with Gasteiger partial charge in [-0.3, -0.25) is 15.1 Å². The van der Waals surface area contributed by atoms with Crippen molar-refractivity contribution in [3.63, 3.8) is 0 Å². The number of likely N-dealkylation sites (N-methyl/N-ethyl adjacent to an activating group) is 2. The first kappa shape index (κ1) is 15.7. The smallest absolute Gasteiger partial charge is 0.268 e. The van der Waals surface area contributed by atoms with E-state index < -0.39 is 0 Å². The Bertz CT molecular complexity index is 403. The number of nitrogens with zero attached hydrogens (tertiary/aromatic N) is 2. The van der Waals surface area contributed by atoms with E-state index in [0.29, 0.717) is 18.2 Å². The number of nitrogens with two attached hydrogens (primary N) is 1. The highest BCUT2D eigenvalue weighted by Crippen LogP contribution is 2.12. The van der Waals surface area contributed by atoms with E-state index >= 15 is 0 Å². The quantitative estimate of drug-likeness (QED) is 0.431. The van der Waals surface area contributed by atoms with E-state index in [2.05, 4.69) is 43.2 Å². The summed E-state index contributed by atoms with van der Waals surface area (Å²) in [6.45, 7) is 6.88. The van der Waals surface area contributed by atoms with Crippen molar-refractivity contribution in [1.29, 1.82) is 0 Å². The molecular weight excluding hydrogens is 244 g/mol. The van der Waals surface area contributed by atoms with Crippen LogP contribution >= 0.6 is 0 Å². The number of hydrazine groups is 1. The fourth-order valence-corrected chi connectivity index (χ4v) is 2.09. The van der Waals surface area contributed by atoms with Crippen LogP contribution in [0.3, 0.4) is 0 Å². The predicted octanol–water partition coefficient (Wildman–Crippen LogP) is 0.655. The molecular formula is C13H24N4O2. The average Bonchev–Trinajstić information content (AvgIpc) is 2.82. The summed E-state index contributed by atoms with van der Waals surface area (Å²) in [5.41, 5.74) is 2.54. The molecule has 3 N–H and O–H groups in total. The molecule has 1 rings (SSSR count). The Morgan fingerprint density at radius 3 is 2.74 bits per heavy atom. The van der Waals surface area contributed by atoms with Crippen LogP contribution in [0.4, 0.5) is 0 Å². The first-order valence-electron chi connectivity index (χ1n) is 6.45. The molecule has 0 spiro atoms. The summed E-state index contributed by atoms with van der Waals surface area (Å²) in [4.78, 5) is 15.8. The molecule has 0 aliphatic carbocycles. The lowest BCUT2D eigenvalue weighted by atomic mass is 10.2. The molecule has 1 aromatic heterocycles. The van der Waals surface area contributed by atoms with Crippen LogP contribution in [0.1, 0.15) is 30.0 Å². The van der Waals surface area contributed by atoms with Crippen molar-refractivity contribution < 1.29 is 9.21 Å². The molecule has 0 saturated carbocycles. The highest BCUT2D eigenvalue weighted by molar-refractivity contribution is 5.93. The van der Waals surface area contributed by atoms with E-state index in [-0.39, 0.29) is 5.91 Å². The van der Waals surface area contributed by atoms with Crippen LogP contribution in [0.5, 0.6) is 0 Å². The molecule has 6 heteroatoms. The monoisotopic (exact) mass is 268 g/mol. The molecule has 6 nitrogen and oxygen atoms in total. The van der Waals surface area contributed by atoms with E-state index in [0.717, 1.165) is 18.8 Å². The Balaban J connectivity index is 2.65. The average molecular weight is 268 g/mol. The van der Waals surface area contributed by atoms with Gasteiger partial charge in [0.2, 0.25) is 0 Å². The third-order valence-corrected chi connectivity index (χ3v) is 3.06. The normalized spacial score (nSPS) is 13.0. The Kier molecular flexibility index (Phi) is 6.01. The fourth-order valence-electron chi connectivity index (χ4n) is 2.09. The summed E-state index contributed by atoms with van der Waals surface area (Å²) in [5.74, 6) is 5.52. The Morgan fingerprint density at radius 2 is 2.21 bits per heavy atom. The number of furan rings is 1. The van der Waals surface area contributed by atoms with Gasteiger partial charge >= 0.3 is 0 Å². The number of carbonyl (C=O) groups excluding carboxylic acids is 1. The van der Waals surface area contributed by atoms with Gasteiger partial charge in [0.25, 0.3) is 5.91 Å². The van der Waals surface area contributed by atoms with Crippen LogP contribution in [0.25, 0.3) is 0 Å². The van der Waals surface area contributed by atoms with Gasteiger partial charge in [-0.25, -0.2) is 5.84 Å². The van der Waals surface area contributed by atoms with Crippen molar-refractivity contribution in [1.82, 2.24) is 15.2 Å². The first-order valence-corrected chi connectivity index (χ1v) is 6.45. The third-order valence-electron chi connectivity index (χ3n) is 3.06. The summed E-state index contributed by atoms with van der Waals surface area (Å²) in [7, 11) is 4.11. The van der Waals surface area contributed by atoms with Crippen LogP contribution in [-0.2, 0) is 6.54 Å². The summed E-state index contributed by atoms with van der Waals surface area (Å²) in [6, 6.07) is 2.14. The molecule has 0 aliphatic rings. The van der Waals surface area contributed by atoms with Gasteiger partial charge in [0.05, 0.1) is 12.1 Å². The van der Waals surface area contributed by atoms with Crippen molar-refractivity contribution in [2.45, 2.75) is 26.4 Å². The van der Waals surface area contributed by atoms with Gasteiger partial charge in [-0.05, 0) is 33.6 Å². The molecule has 1 heterocycles. The minimum atomic E-state index is -0.334. The minimum absolute atomic E-state index is 0.334. The number of hydrogen-bond donors (Lipinski definition) is 2. The van der Waals surface area contributed by atoms with Crippen LogP contribution in [-0.4, -0.2) is 48.9 Å². The molecule has 0 radical (unpaired) electrons. The van der Waals surface area contributed by atoms with Crippen molar-refractivity contribution in [2.24, 2.45) is 5.84 Å². The van der Waals surface area contributed by atoms with Crippen LogP contribution in [0.2, 0.25) is 0 Å². The second kappa shape index (κ2) is 7.28. The zero-order chi connectivity index (χ0) is 14.4. The van der Waals surface area contributed by atoms with E-state index in [4.69, 9.17) is 10.3 Å². The van der Waals surface area contributed by atoms with E-state index in [1.54, 1.807) is 6.07 Å². The molecule has 1 aromatic rings. The van der Waals surface area contributed by atoms with Crippen molar-refractivity contribution in [3.05, 3.63) is 23.7 Å². The highest BCUT2D eigenvalue weighted by atomic mass is 16.3. The second-order valence-corrected chi connectivity index (χ2v) is 4.95. The van der Waals surface area contributed by atoms with Crippen LogP contribution in [0.15, 0.2) is 16.7 Å². The summed E-state index contributed by atoms with van der Waals surface area (Å²) in [6.07, 6.45) is 1.43. The lowest BCUT2D eigenvalue weighted by Gasteiger charge is -2.29. The van der Waals surface area contributed by atoms with Gasteiger partial charge in [-0.2, -0.15) is 0 Å². The minimum Gasteiger partial charge on any atom is -0.467 e. The summed E-state index contributed by atoms with van der Waals surface area (Å²) >= 11 is 0. The Hall–Kier alpha value is -1.37. The Labute approximate surface area is 114 Å². The lowest BCUT2D eigenvalue weighted by molar-refractivity contribution is 0.0953. The third kappa shape index (κ3) is 4.66. The molecule has 1 atom stereocenters. The molecule has 0 bridgehead atoms. The van der Waals surface area contributed by atoms with Gasteiger partial charge in [-0.15, -0.1) is 0 Å². The highest BCUT2D eigenvalue weighted by Gasteiger charge is 2.16. The van der Waals surface area contributed by atoms with Gasteiger partial charge in [0.1, 0.15) is 12.0 Å². The van der Waals surface area contributed by atoms with Crippen LogP contribution in [0, 0.1) is 0 Å². The fraction of sp³-hybridized carbons (Fsp3) is 0.615. The number of amides is 1.